The molecular formula is C12H14ClN3O2. The van der Waals surface area contributed by atoms with E-state index in [2.05, 4.69) is 4.98 Å². The summed E-state index contributed by atoms with van der Waals surface area (Å²) in [6, 6.07) is 5.20. The molecular weight excluding hydrogens is 254 g/mol. The smallest absolute Gasteiger partial charge is 0.255 e. The Morgan fingerprint density at radius 1 is 1.56 bits per heavy atom. The Bertz CT molecular complexity index is 428. The topological polar surface area (TPSA) is 66.2 Å². The molecule has 0 aliphatic rings. The molecule has 96 valence electrons. The molecule has 0 saturated heterocycles. The number of halogens is 1. The van der Waals surface area contributed by atoms with Crippen LogP contribution in [0.15, 0.2) is 18.3 Å². The molecule has 0 bridgehead atoms. The van der Waals surface area contributed by atoms with E-state index in [1.165, 1.54) is 6.20 Å². The van der Waals surface area contributed by atoms with Crippen LogP contribution in [0.1, 0.15) is 16.8 Å². The fourth-order valence-corrected chi connectivity index (χ4v) is 1.50. The van der Waals surface area contributed by atoms with Crippen LogP contribution >= 0.6 is 11.6 Å². The summed E-state index contributed by atoms with van der Waals surface area (Å²) in [6.07, 6.45) is 1.72. The number of methoxy groups -OCH3 is 1. The molecule has 18 heavy (non-hydrogen) atoms. The minimum absolute atomic E-state index is 0.175. The number of carbonyl (C=O) groups excluding carboxylic acids is 1. The molecule has 1 heterocycles. The highest BCUT2D eigenvalue weighted by Crippen LogP contribution is 2.08. The van der Waals surface area contributed by atoms with Crippen LogP contribution in [0.5, 0.6) is 0 Å². The number of carbonyl (C=O) groups is 1. The third-order valence-corrected chi connectivity index (χ3v) is 2.54. The Morgan fingerprint density at radius 3 is 2.89 bits per heavy atom. The highest BCUT2D eigenvalue weighted by Gasteiger charge is 2.15. The molecule has 0 aliphatic heterocycles. The van der Waals surface area contributed by atoms with Gasteiger partial charge in [-0.1, -0.05) is 11.6 Å². The fraction of sp³-hybridized carbons (Fsp3) is 0.417. The summed E-state index contributed by atoms with van der Waals surface area (Å²) in [5.74, 6) is -0.175. The number of ether oxygens (including phenoxy) is 1. The van der Waals surface area contributed by atoms with E-state index >= 15 is 0 Å². The van der Waals surface area contributed by atoms with Crippen molar-refractivity contribution < 1.29 is 9.53 Å². The molecule has 6 heteroatoms. The molecule has 1 aromatic rings. The van der Waals surface area contributed by atoms with E-state index in [1.807, 2.05) is 6.07 Å². The Labute approximate surface area is 111 Å². The molecule has 0 aliphatic carbocycles. The average molecular weight is 268 g/mol. The van der Waals surface area contributed by atoms with Gasteiger partial charge in [0, 0.05) is 26.4 Å². The number of hydrogen-bond acceptors (Lipinski definition) is 4. The van der Waals surface area contributed by atoms with Gasteiger partial charge in [0.25, 0.3) is 5.91 Å². The van der Waals surface area contributed by atoms with Crippen LogP contribution in [0.3, 0.4) is 0 Å². The van der Waals surface area contributed by atoms with Crippen LogP contribution in [-0.2, 0) is 4.74 Å². The van der Waals surface area contributed by atoms with E-state index in [0.717, 1.165) is 0 Å². The summed E-state index contributed by atoms with van der Waals surface area (Å²) in [7, 11) is 1.57. The predicted molar refractivity (Wildman–Crippen MR) is 67.3 cm³/mol. The highest BCUT2D eigenvalue weighted by atomic mass is 35.5. The van der Waals surface area contributed by atoms with Gasteiger partial charge in [-0.3, -0.25) is 4.79 Å². The molecule has 0 atom stereocenters. The molecule has 0 aromatic carbocycles. The van der Waals surface area contributed by atoms with Crippen molar-refractivity contribution in [3.8, 4) is 6.07 Å². The predicted octanol–water partition coefficient (Wildman–Crippen LogP) is 1.74. The molecule has 0 radical (unpaired) electrons. The second kappa shape index (κ2) is 7.64. The Kier molecular flexibility index (Phi) is 6.12. The van der Waals surface area contributed by atoms with Crippen molar-refractivity contribution in [2.24, 2.45) is 0 Å². The van der Waals surface area contributed by atoms with Gasteiger partial charge in [0.05, 0.1) is 24.7 Å². The first-order chi connectivity index (χ1) is 8.69. The van der Waals surface area contributed by atoms with Crippen molar-refractivity contribution in [3.63, 3.8) is 0 Å². The second-order valence-corrected chi connectivity index (χ2v) is 3.95. The lowest BCUT2D eigenvalue weighted by Gasteiger charge is -2.21. The van der Waals surface area contributed by atoms with Gasteiger partial charge in [0.15, 0.2) is 0 Å². The van der Waals surface area contributed by atoms with Crippen molar-refractivity contribution in [3.05, 3.63) is 29.0 Å². The Balaban J connectivity index is 2.74. The lowest BCUT2D eigenvalue weighted by Crippen LogP contribution is -2.34. The van der Waals surface area contributed by atoms with Crippen LogP contribution in [0.4, 0.5) is 0 Å². The molecule has 1 aromatic heterocycles. The van der Waals surface area contributed by atoms with Crippen LogP contribution < -0.4 is 0 Å². The summed E-state index contributed by atoms with van der Waals surface area (Å²) < 4.78 is 4.94. The number of nitrogens with zero attached hydrogens (tertiary/aromatic N) is 3. The zero-order chi connectivity index (χ0) is 13.4. The summed E-state index contributed by atoms with van der Waals surface area (Å²) >= 11 is 5.66. The summed E-state index contributed by atoms with van der Waals surface area (Å²) in [5.41, 5.74) is 0.452. The molecule has 0 spiro atoms. The minimum atomic E-state index is -0.175. The zero-order valence-electron chi connectivity index (χ0n) is 10.1. The molecule has 5 nitrogen and oxygen atoms in total. The van der Waals surface area contributed by atoms with E-state index in [-0.39, 0.29) is 12.3 Å². The van der Waals surface area contributed by atoms with Crippen molar-refractivity contribution in [2.75, 3.05) is 26.8 Å². The van der Waals surface area contributed by atoms with E-state index in [0.29, 0.717) is 30.4 Å². The van der Waals surface area contributed by atoms with Crippen LogP contribution in [0, 0.1) is 11.3 Å². The van der Waals surface area contributed by atoms with Gasteiger partial charge in [-0.25, -0.2) is 4.98 Å². The maximum Gasteiger partial charge on any atom is 0.255 e. The van der Waals surface area contributed by atoms with E-state index in [1.54, 1.807) is 24.1 Å². The Morgan fingerprint density at radius 2 is 2.33 bits per heavy atom. The summed E-state index contributed by atoms with van der Waals surface area (Å²) in [4.78, 5) is 17.6. The SMILES string of the molecule is COCCN(CCC#N)C(=O)c1ccc(Cl)nc1. The standard InChI is InChI=1S/C12H14ClN3O2/c1-18-8-7-16(6-2-5-14)12(17)10-3-4-11(13)15-9-10/h3-4,9H,2,6-8H2,1H3. The number of rotatable bonds is 6. The van der Waals surface area contributed by atoms with Gasteiger partial charge in [-0.2, -0.15) is 5.26 Å². The van der Waals surface area contributed by atoms with Crippen molar-refractivity contribution >= 4 is 17.5 Å². The van der Waals surface area contributed by atoms with Gasteiger partial charge < -0.3 is 9.64 Å². The van der Waals surface area contributed by atoms with Gasteiger partial charge in [0.2, 0.25) is 0 Å². The zero-order valence-corrected chi connectivity index (χ0v) is 10.9. The first-order valence-electron chi connectivity index (χ1n) is 5.45. The van der Waals surface area contributed by atoms with Crippen molar-refractivity contribution in [1.82, 2.24) is 9.88 Å². The fourth-order valence-electron chi connectivity index (χ4n) is 1.39. The molecule has 0 saturated carbocycles. The minimum Gasteiger partial charge on any atom is -0.383 e. The van der Waals surface area contributed by atoms with Gasteiger partial charge in [-0.05, 0) is 12.1 Å². The van der Waals surface area contributed by atoms with Gasteiger partial charge in [-0.15, -0.1) is 0 Å². The number of hydrogen-bond donors (Lipinski definition) is 0. The molecule has 0 fully saturated rings. The summed E-state index contributed by atoms with van der Waals surface area (Å²) in [5, 5.41) is 8.92. The number of amides is 1. The number of nitriles is 1. The lowest BCUT2D eigenvalue weighted by molar-refractivity contribution is 0.0699. The lowest BCUT2D eigenvalue weighted by atomic mass is 10.2. The van der Waals surface area contributed by atoms with Crippen molar-refractivity contribution in [1.29, 1.82) is 5.26 Å². The number of pyridine rings is 1. The summed E-state index contributed by atoms with van der Waals surface area (Å²) in [6.45, 7) is 1.25. The maximum atomic E-state index is 12.1. The van der Waals surface area contributed by atoms with Crippen molar-refractivity contribution in [2.45, 2.75) is 6.42 Å². The van der Waals surface area contributed by atoms with Gasteiger partial charge >= 0.3 is 0 Å². The average Bonchev–Trinajstić information content (AvgIpc) is 2.39. The second-order valence-electron chi connectivity index (χ2n) is 3.56. The quantitative estimate of drug-likeness (QED) is 0.737. The molecule has 0 N–H and O–H groups in total. The van der Waals surface area contributed by atoms with Crippen LogP contribution in [0.25, 0.3) is 0 Å². The Hall–Kier alpha value is -1.64. The van der Waals surface area contributed by atoms with Crippen LogP contribution in [-0.4, -0.2) is 42.6 Å². The van der Waals surface area contributed by atoms with Crippen LogP contribution in [0.2, 0.25) is 5.15 Å². The van der Waals surface area contributed by atoms with E-state index in [9.17, 15) is 4.79 Å². The maximum absolute atomic E-state index is 12.1. The van der Waals surface area contributed by atoms with E-state index in [4.69, 9.17) is 21.6 Å². The highest BCUT2D eigenvalue weighted by molar-refractivity contribution is 6.29. The molecule has 1 rings (SSSR count). The first kappa shape index (κ1) is 14.4. The largest absolute Gasteiger partial charge is 0.383 e. The first-order valence-corrected chi connectivity index (χ1v) is 5.83. The third kappa shape index (κ3) is 4.32. The monoisotopic (exact) mass is 267 g/mol. The number of aromatic nitrogens is 1. The van der Waals surface area contributed by atoms with Gasteiger partial charge in [0.1, 0.15) is 5.15 Å². The molecule has 0 unspecified atom stereocenters. The molecule has 1 amide bonds. The normalized spacial score (nSPS) is 9.83. The third-order valence-electron chi connectivity index (χ3n) is 2.32. The van der Waals surface area contributed by atoms with E-state index < -0.39 is 0 Å².